The minimum atomic E-state index is -3.57. The Kier molecular flexibility index (Phi) is 9.44. The van der Waals surface area contributed by atoms with Crippen molar-refractivity contribution < 1.29 is 22.3 Å². The molecule has 2 unspecified atom stereocenters. The van der Waals surface area contributed by atoms with Crippen LogP contribution in [0.4, 0.5) is 11.6 Å². The second-order valence-corrected chi connectivity index (χ2v) is 12.8. The van der Waals surface area contributed by atoms with Crippen molar-refractivity contribution in [3.8, 4) is 11.5 Å². The van der Waals surface area contributed by atoms with Gasteiger partial charge in [0.15, 0.2) is 0 Å². The molecule has 11 nitrogen and oxygen atoms in total. The molecule has 40 heavy (non-hydrogen) atoms. The Morgan fingerprint density at radius 2 is 1.82 bits per heavy atom. The predicted octanol–water partition coefficient (Wildman–Crippen LogP) is 3.07. The molecule has 12 heteroatoms. The van der Waals surface area contributed by atoms with Crippen LogP contribution in [0.25, 0.3) is 11.5 Å². The zero-order chi connectivity index (χ0) is 28.9. The normalized spacial score (nSPS) is 18.4. The number of pyridine rings is 1. The Morgan fingerprint density at radius 1 is 1.12 bits per heavy atom. The lowest BCUT2D eigenvalue weighted by Gasteiger charge is -2.26. The van der Waals surface area contributed by atoms with Crippen LogP contribution in [-0.2, 0) is 31.5 Å². The molecule has 4 rings (SSSR count). The van der Waals surface area contributed by atoms with Crippen LogP contribution in [0.5, 0.6) is 0 Å². The van der Waals surface area contributed by atoms with Crippen LogP contribution in [0.15, 0.2) is 46.9 Å². The smallest absolute Gasteiger partial charge is 0.248 e. The van der Waals surface area contributed by atoms with E-state index in [0.717, 1.165) is 29.1 Å². The zero-order valence-electron chi connectivity index (χ0n) is 23.9. The number of sulfonamides is 1. The molecule has 0 amide bonds. The zero-order valence-corrected chi connectivity index (χ0v) is 24.7. The van der Waals surface area contributed by atoms with Gasteiger partial charge in [-0.25, -0.2) is 13.4 Å². The maximum atomic E-state index is 12.4. The summed E-state index contributed by atoms with van der Waals surface area (Å²) in [5.74, 6) is 2.55. The van der Waals surface area contributed by atoms with Crippen LogP contribution in [0.2, 0.25) is 0 Å². The number of hydrogen-bond acceptors (Lipinski definition) is 10. The Labute approximate surface area is 236 Å². The van der Waals surface area contributed by atoms with E-state index in [1.54, 1.807) is 13.2 Å². The molecule has 2 heterocycles. The van der Waals surface area contributed by atoms with Gasteiger partial charge in [-0.05, 0) is 49.3 Å². The largest absolute Gasteiger partial charge is 0.419 e. The molecule has 3 atom stereocenters. The van der Waals surface area contributed by atoms with Gasteiger partial charge in [-0.15, -0.1) is 10.2 Å². The van der Waals surface area contributed by atoms with E-state index in [1.165, 1.54) is 7.05 Å². The molecule has 0 aliphatic heterocycles. The number of ether oxygens (including phenoxy) is 2. The number of methoxy groups -OCH3 is 1. The molecule has 1 aliphatic rings. The van der Waals surface area contributed by atoms with E-state index >= 15 is 0 Å². The maximum absolute atomic E-state index is 12.4. The molecule has 0 spiro atoms. The van der Waals surface area contributed by atoms with Crippen molar-refractivity contribution >= 4 is 21.7 Å². The fourth-order valence-corrected chi connectivity index (χ4v) is 4.87. The first-order valence-corrected chi connectivity index (χ1v) is 15.3. The molecule has 2 aromatic heterocycles. The van der Waals surface area contributed by atoms with Crippen molar-refractivity contribution in [1.82, 2.24) is 15.2 Å². The van der Waals surface area contributed by atoms with Gasteiger partial charge in [0.2, 0.25) is 21.8 Å². The highest BCUT2D eigenvalue weighted by atomic mass is 32.2. The average molecular weight is 573 g/mol. The molecule has 2 N–H and O–H groups in total. The highest BCUT2D eigenvalue weighted by molar-refractivity contribution is 7.92. The fraction of sp³-hybridized carbons (Fsp3) is 0.536. The molecule has 1 fully saturated rings. The van der Waals surface area contributed by atoms with Gasteiger partial charge in [-0.2, -0.15) is 0 Å². The molecule has 1 aromatic carbocycles. The van der Waals surface area contributed by atoms with Crippen LogP contribution < -0.4 is 14.9 Å². The first-order valence-electron chi connectivity index (χ1n) is 13.4. The molecule has 0 radical (unpaired) electrons. The quantitative estimate of drug-likeness (QED) is 0.271. The second-order valence-electron chi connectivity index (χ2n) is 10.8. The Hall–Kier alpha value is -3.06. The van der Waals surface area contributed by atoms with Gasteiger partial charge in [0.1, 0.15) is 11.6 Å². The summed E-state index contributed by atoms with van der Waals surface area (Å²) < 4.78 is 42.9. The standard InChI is InChI=1S/C28H40N6O5S/c1-20-15-23(20)19-34(11-12-38-14-13-37-4)25-17-22(16-24(30-25)33(3)40(5,35)36)26-31-32-27(39-26)28(2,29)18-21-9-7-6-8-10-21/h6-10,16-17,20,23H,11-15,18-19,29H2,1-5H3/t20?,23?,28-/m1/s1. The van der Waals surface area contributed by atoms with Crippen LogP contribution in [0.3, 0.4) is 0 Å². The van der Waals surface area contributed by atoms with E-state index < -0.39 is 15.6 Å². The van der Waals surface area contributed by atoms with E-state index in [9.17, 15) is 8.42 Å². The minimum Gasteiger partial charge on any atom is -0.419 e. The topological polar surface area (TPSA) is 137 Å². The van der Waals surface area contributed by atoms with E-state index in [2.05, 4.69) is 22.0 Å². The van der Waals surface area contributed by atoms with E-state index in [4.69, 9.17) is 24.6 Å². The van der Waals surface area contributed by atoms with Crippen molar-refractivity contribution in [3.05, 3.63) is 53.9 Å². The van der Waals surface area contributed by atoms with Crippen molar-refractivity contribution in [1.29, 1.82) is 0 Å². The van der Waals surface area contributed by atoms with Crippen molar-refractivity contribution in [2.75, 3.05) is 62.5 Å². The Morgan fingerprint density at radius 3 is 2.48 bits per heavy atom. The molecule has 218 valence electrons. The minimum absolute atomic E-state index is 0.239. The van der Waals surface area contributed by atoms with Crippen molar-refractivity contribution in [3.63, 3.8) is 0 Å². The number of nitrogens with two attached hydrogens (primary N) is 1. The summed E-state index contributed by atoms with van der Waals surface area (Å²) in [4.78, 5) is 6.86. The lowest BCUT2D eigenvalue weighted by molar-refractivity contribution is 0.0739. The van der Waals surface area contributed by atoms with E-state index in [-0.39, 0.29) is 17.6 Å². The van der Waals surface area contributed by atoms with Crippen LogP contribution in [0, 0.1) is 11.8 Å². The van der Waals surface area contributed by atoms with Crippen molar-refractivity contribution in [2.24, 2.45) is 17.6 Å². The van der Waals surface area contributed by atoms with E-state index in [1.807, 2.05) is 43.3 Å². The average Bonchev–Trinajstić information content (AvgIpc) is 3.37. The van der Waals surface area contributed by atoms with Crippen LogP contribution >= 0.6 is 0 Å². The lowest BCUT2D eigenvalue weighted by atomic mass is 9.94. The van der Waals surface area contributed by atoms with Gasteiger partial charge >= 0.3 is 0 Å². The first kappa shape index (κ1) is 29.9. The fourth-order valence-electron chi connectivity index (χ4n) is 4.44. The summed E-state index contributed by atoms with van der Waals surface area (Å²) >= 11 is 0. The van der Waals surface area contributed by atoms with Crippen molar-refractivity contribution in [2.45, 2.75) is 32.2 Å². The molecule has 3 aromatic rings. The number of rotatable bonds is 15. The molecule has 1 saturated carbocycles. The maximum Gasteiger partial charge on any atom is 0.248 e. The summed E-state index contributed by atoms with van der Waals surface area (Å²) in [6, 6.07) is 13.4. The highest BCUT2D eigenvalue weighted by Crippen LogP contribution is 2.39. The van der Waals surface area contributed by atoms with Crippen LogP contribution in [0.1, 0.15) is 31.7 Å². The summed E-state index contributed by atoms with van der Waals surface area (Å²) in [5.41, 5.74) is 7.32. The molecule has 0 bridgehead atoms. The second kappa shape index (κ2) is 12.6. The number of benzene rings is 1. The van der Waals surface area contributed by atoms with Crippen LogP contribution in [-0.4, -0.2) is 76.9 Å². The SMILES string of the molecule is COCCOCCN(CC1CC1C)c1cc(-c2nnc([C@](C)(N)Cc3ccccc3)o2)cc(N(C)S(C)(=O)=O)n1. The summed E-state index contributed by atoms with van der Waals surface area (Å²) in [6.07, 6.45) is 2.79. The highest BCUT2D eigenvalue weighted by Gasteiger charge is 2.35. The van der Waals surface area contributed by atoms with E-state index in [0.29, 0.717) is 56.0 Å². The third-order valence-electron chi connectivity index (χ3n) is 7.19. The monoisotopic (exact) mass is 572 g/mol. The molecular formula is C28H40N6O5S. The number of hydrogen-bond donors (Lipinski definition) is 1. The Bertz CT molecular complexity index is 1360. The molecular weight excluding hydrogens is 532 g/mol. The third kappa shape index (κ3) is 7.78. The number of anilines is 2. The van der Waals surface area contributed by atoms with Gasteiger partial charge in [-0.1, -0.05) is 37.3 Å². The number of nitrogens with zero attached hydrogens (tertiary/aromatic N) is 5. The molecule has 1 aliphatic carbocycles. The Balaban J connectivity index is 1.66. The third-order valence-corrected chi connectivity index (χ3v) is 8.37. The van der Waals surface area contributed by atoms with Gasteiger partial charge in [-0.3, -0.25) is 4.31 Å². The summed E-state index contributed by atoms with van der Waals surface area (Å²) in [6.45, 7) is 6.91. The van der Waals surface area contributed by atoms with Gasteiger partial charge < -0.3 is 24.5 Å². The lowest BCUT2D eigenvalue weighted by Crippen LogP contribution is -2.35. The van der Waals surface area contributed by atoms with Gasteiger partial charge in [0.05, 0.1) is 31.6 Å². The van der Waals surface area contributed by atoms with Gasteiger partial charge in [0.25, 0.3) is 0 Å². The predicted molar refractivity (Wildman–Crippen MR) is 155 cm³/mol. The summed E-state index contributed by atoms with van der Waals surface area (Å²) in [7, 11) is -0.459. The van der Waals surface area contributed by atoms with Gasteiger partial charge in [0, 0.05) is 32.8 Å². The first-order chi connectivity index (χ1) is 19.0. The summed E-state index contributed by atoms with van der Waals surface area (Å²) in [5, 5.41) is 8.55. The number of aromatic nitrogens is 3. The molecule has 0 saturated heterocycles.